The van der Waals surface area contributed by atoms with Crippen LogP contribution < -0.4 is 5.63 Å². The summed E-state index contributed by atoms with van der Waals surface area (Å²) in [5, 5.41) is 5.41. The molecule has 0 spiro atoms. The van der Waals surface area contributed by atoms with E-state index in [2.05, 4.69) is 41.7 Å². The molecule has 0 bridgehead atoms. The second-order valence-electron chi connectivity index (χ2n) is 5.84. The van der Waals surface area contributed by atoms with Gasteiger partial charge in [-0.25, -0.2) is 27.9 Å². The smallest absolute Gasteiger partial charge is 0.347 e. The standard InChI is InChI=1S/C16H6BrCl3N4O2.CH3ClO2S/c17-12-6-11(24(23-12)14-9(19)2-1-3-21-14)15-22-13-8(16(25)26-15)4-7(18)5-10(13)20;1-5(2,3)4/h1-6H;1H3. The van der Waals surface area contributed by atoms with Crippen molar-refractivity contribution in [3.8, 4) is 17.4 Å². The van der Waals surface area contributed by atoms with Crippen LogP contribution in [0, 0.1) is 0 Å². The maximum atomic E-state index is 12.4. The van der Waals surface area contributed by atoms with Crippen molar-refractivity contribution in [2.75, 3.05) is 6.26 Å². The average Bonchev–Trinajstić information content (AvgIpc) is 3.03. The van der Waals surface area contributed by atoms with Gasteiger partial charge in [0.05, 0.1) is 21.7 Å². The molecule has 3 heterocycles. The quantitative estimate of drug-likeness (QED) is 0.292. The van der Waals surface area contributed by atoms with Crippen molar-refractivity contribution in [1.29, 1.82) is 0 Å². The number of fused-ring (bicyclic) bond motifs is 1. The molecule has 0 saturated heterocycles. The highest BCUT2D eigenvalue weighted by Crippen LogP contribution is 2.30. The third kappa shape index (κ3) is 5.97. The van der Waals surface area contributed by atoms with Gasteiger partial charge in [0.15, 0.2) is 5.82 Å². The van der Waals surface area contributed by atoms with Gasteiger partial charge in [0.25, 0.3) is 0 Å². The minimum absolute atomic E-state index is 0.0200. The summed E-state index contributed by atoms with van der Waals surface area (Å²) in [4.78, 5) is 21.0. The van der Waals surface area contributed by atoms with E-state index in [1.807, 2.05) is 0 Å². The molecule has 0 aliphatic rings. The fourth-order valence-electron chi connectivity index (χ4n) is 2.41. The first kappa shape index (κ1) is 24.0. The lowest BCUT2D eigenvalue weighted by atomic mass is 10.2. The zero-order valence-corrected chi connectivity index (χ0v) is 20.6. The molecule has 0 N–H and O–H groups in total. The van der Waals surface area contributed by atoms with Gasteiger partial charge < -0.3 is 4.42 Å². The van der Waals surface area contributed by atoms with Crippen LogP contribution in [0.25, 0.3) is 28.3 Å². The van der Waals surface area contributed by atoms with Crippen LogP contribution in [0.2, 0.25) is 15.1 Å². The van der Waals surface area contributed by atoms with Crippen molar-refractivity contribution in [3.05, 3.63) is 66.6 Å². The molecule has 162 valence electrons. The predicted molar refractivity (Wildman–Crippen MR) is 124 cm³/mol. The van der Waals surface area contributed by atoms with Gasteiger partial charge in [-0.3, -0.25) is 0 Å². The van der Waals surface area contributed by atoms with Crippen LogP contribution in [0.4, 0.5) is 0 Å². The van der Waals surface area contributed by atoms with Crippen molar-refractivity contribution in [1.82, 2.24) is 19.7 Å². The second-order valence-corrected chi connectivity index (χ2v) is 11.0. The minimum Gasteiger partial charge on any atom is -0.401 e. The van der Waals surface area contributed by atoms with E-state index in [0.717, 1.165) is 6.26 Å². The summed E-state index contributed by atoms with van der Waals surface area (Å²) in [5.41, 5.74) is 0.0335. The van der Waals surface area contributed by atoms with E-state index in [-0.39, 0.29) is 21.8 Å². The van der Waals surface area contributed by atoms with Gasteiger partial charge in [0.2, 0.25) is 14.9 Å². The number of hydrogen-bond acceptors (Lipinski definition) is 7. The third-order valence-corrected chi connectivity index (χ3v) is 4.68. The lowest BCUT2D eigenvalue weighted by Crippen LogP contribution is -2.07. The molecule has 1 aromatic carbocycles. The van der Waals surface area contributed by atoms with E-state index >= 15 is 0 Å². The van der Waals surface area contributed by atoms with Gasteiger partial charge in [-0.2, -0.15) is 5.10 Å². The molecule has 8 nitrogen and oxygen atoms in total. The summed E-state index contributed by atoms with van der Waals surface area (Å²) < 4.78 is 26.1. The Morgan fingerprint density at radius 2 is 1.81 bits per heavy atom. The largest absolute Gasteiger partial charge is 0.401 e. The van der Waals surface area contributed by atoms with E-state index in [1.165, 1.54) is 16.8 Å². The molecule has 3 aromatic heterocycles. The van der Waals surface area contributed by atoms with Crippen LogP contribution in [0.3, 0.4) is 0 Å². The van der Waals surface area contributed by atoms with Crippen LogP contribution in [0.5, 0.6) is 0 Å². The molecule has 0 fully saturated rings. The Morgan fingerprint density at radius 3 is 2.45 bits per heavy atom. The molecule has 0 radical (unpaired) electrons. The van der Waals surface area contributed by atoms with E-state index < -0.39 is 14.7 Å². The van der Waals surface area contributed by atoms with Gasteiger partial charge in [-0.15, -0.1) is 0 Å². The Labute approximate surface area is 203 Å². The average molecular weight is 587 g/mol. The number of nitrogens with zero attached hydrogens (tertiary/aromatic N) is 4. The first-order valence-electron chi connectivity index (χ1n) is 8.00. The first-order valence-corrected chi connectivity index (χ1v) is 12.6. The zero-order valence-electron chi connectivity index (χ0n) is 15.2. The van der Waals surface area contributed by atoms with Crippen LogP contribution in [0.15, 0.2) is 50.3 Å². The highest BCUT2D eigenvalue weighted by molar-refractivity contribution is 9.10. The SMILES string of the molecule is CS(=O)(=O)Cl.O=c1oc(-c2cc(Br)nn2-c2ncccc2Cl)nc2c(Cl)cc(Cl)cc12. The molecule has 0 saturated carbocycles. The Morgan fingerprint density at radius 1 is 1.13 bits per heavy atom. The number of halogens is 5. The molecule has 0 aliphatic heterocycles. The van der Waals surface area contributed by atoms with E-state index in [9.17, 15) is 13.2 Å². The van der Waals surface area contributed by atoms with Gasteiger partial charge in [-0.1, -0.05) is 34.8 Å². The molecule has 4 aromatic rings. The maximum absolute atomic E-state index is 12.4. The molecule has 14 heteroatoms. The summed E-state index contributed by atoms with van der Waals surface area (Å²) in [6, 6.07) is 7.96. The van der Waals surface area contributed by atoms with Crippen LogP contribution in [0.1, 0.15) is 0 Å². The molecule has 31 heavy (non-hydrogen) atoms. The number of pyridine rings is 1. The summed E-state index contributed by atoms with van der Waals surface area (Å²) in [5.74, 6) is 0.383. The third-order valence-electron chi connectivity index (χ3n) is 3.49. The zero-order chi connectivity index (χ0) is 22.9. The Kier molecular flexibility index (Phi) is 7.29. The minimum atomic E-state index is -3.19. The number of rotatable bonds is 2. The number of benzene rings is 1. The Bertz CT molecular complexity index is 1450. The van der Waals surface area contributed by atoms with Crippen molar-refractivity contribution in [2.45, 2.75) is 0 Å². The predicted octanol–water partition coefficient (Wildman–Crippen LogP) is 5.34. The highest BCUT2D eigenvalue weighted by Gasteiger charge is 2.19. The fraction of sp³-hybridized carbons (Fsp3) is 0.0588. The van der Waals surface area contributed by atoms with Crippen molar-refractivity contribution in [3.63, 3.8) is 0 Å². The maximum Gasteiger partial charge on any atom is 0.347 e. The molecular formula is C17H9BrCl4N4O4S. The van der Waals surface area contributed by atoms with Gasteiger partial charge >= 0.3 is 5.63 Å². The molecule has 4 rings (SSSR count). The first-order chi connectivity index (χ1) is 14.4. The van der Waals surface area contributed by atoms with Crippen molar-refractivity contribution >= 4 is 81.4 Å². The monoisotopic (exact) mass is 584 g/mol. The highest BCUT2D eigenvalue weighted by atomic mass is 79.9. The topological polar surface area (TPSA) is 108 Å². The van der Waals surface area contributed by atoms with Crippen LogP contribution in [-0.4, -0.2) is 34.4 Å². The summed E-state index contributed by atoms with van der Waals surface area (Å²) in [6.07, 6.45) is 2.50. The summed E-state index contributed by atoms with van der Waals surface area (Å²) in [7, 11) is 1.31. The molecule has 0 unspecified atom stereocenters. The Balaban J connectivity index is 0.000000491. The van der Waals surface area contributed by atoms with Crippen LogP contribution in [-0.2, 0) is 9.05 Å². The number of hydrogen-bond donors (Lipinski definition) is 0. The van der Waals surface area contributed by atoms with Gasteiger partial charge in [-0.05, 0) is 40.2 Å². The number of aromatic nitrogens is 4. The van der Waals surface area contributed by atoms with Gasteiger partial charge in [0, 0.05) is 28.0 Å². The second kappa shape index (κ2) is 9.43. The Hall–Kier alpha value is -1.69. The van der Waals surface area contributed by atoms with Crippen molar-refractivity contribution < 1.29 is 12.8 Å². The van der Waals surface area contributed by atoms with E-state index in [1.54, 1.807) is 24.4 Å². The molecule has 0 atom stereocenters. The lowest BCUT2D eigenvalue weighted by Gasteiger charge is -2.07. The van der Waals surface area contributed by atoms with E-state index in [4.69, 9.17) is 39.2 Å². The molecule has 0 aliphatic carbocycles. The summed E-state index contributed by atoms with van der Waals surface area (Å²) >= 11 is 21.6. The normalized spacial score (nSPS) is 11.3. The molecular weight excluding hydrogens is 578 g/mol. The van der Waals surface area contributed by atoms with Gasteiger partial charge in [0.1, 0.15) is 15.8 Å². The lowest BCUT2D eigenvalue weighted by molar-refractivity contribution is 0.513. The van der Waals surface area contributed by atoms with Crippen molar-refractivity contribution in [2.24, 2.45) is 0 Å². The summed E-state index contributed by atoms with van der Waals surface area (Å²) in [6.45, 7) is 0. The van der Waals surface area contributed by atoms with Crippen LogP contribution >= 0.6 is 61.4 Å². The fourth-order valence-corrected chi connectivity index (χ4v) is 3.52. The molecule has 0 amide bonds. The van der Waals surface area contributed by atoms with E-state index in [0.29, 0.717) is 26.2 Å².